The van der Waals surface area contributed by atoms with Crippen LogP contribution >= 0.6 is 11.6 Å². The summed E-state index contributed by atoms with van der Waals surface area (Å²) in [7, 11) is -3.63. The fourth-order valence-electron chi connectivity index (χ4n) is 3.62. The summed E-state index contributed by atoms with van der Waals surface area (Å²) in [6.45, 7) is 4.70. The molecule has 5 nitrogen and oxygen atoms in total. The minimum Gasteiger partial charge on any atom is -0.294 e. The molecular weight excluding hydrogens is 376 g/mol. The number of carbonyl (C=O) groups is 3. The molecule has 0 spiro atoms. The third kappa shape index (κ3) is 2.85. The van der Waals surface area contributed by atoms with Crippen LogP contribution in [0.1, 0.15) is 59.4 Å². The zero-order chi connectivity index (χ0) is 19.4. The normalized spacial score (nSPS) is 21.5. The van der Waals surface area contributed by atoms with Crippen molar-refractivity contribution in [2.24, 2.45) is 5.41 Å². The number of hydrogen-bond donors (Lipinski definition) is 0. The SMILES string of the molecule is Cc1c(C(=O)C2=C(Cl)CCCC2=O)ccc2c1C(=O)C(C)(C)CS2(=O)=O. The molecule has 3 rings (SSSR count). The summed E-state index contributed by atoms with van der Waals surface area (Å²) < 4.78 is 25.1. The summed E-state index contributed by atoms with van der Waals surface area (Å²) in [5.41, 5.74) is -0.647. The van der Waals surface area contributed by atoms with Crippen LogP contribution in [0.3, 0.4) is 0 Å². The van der Waals surface area contributed by atoms with Crippen LogP contribution in [0.2, 0.25) is 0 Å². The molecule has 1 aliphatic heterocycles. The number of fused-ring (bicyclic) bond motifs is 1. The second kappa shape index (κ2) is 6.13. The number of benzene rings is 1. The van der Waals surface area contributed by atoms with E-state index in [2.05, 4.69) is 0 Å². The number of ketones is 3. The lowest BCUT2D eigenvalue weighted by molar-refractivity contribution is -0.115. The Morgan fingerprint density at radius 3 is 2.42 bits per heavy atom. The van der Waals surface area contributed by atoms with Gasteiger partial charge in [-0.3, -0.25) is 14.4 Å². The Bertz CT molecular complexity index is 999. The average molecular weight is 395 g/mol. The van der Waals surface area contributed by atoms with E-state index in [-0.39, 0.29) is 55.9 Å². The van der Waals surface area contributed by atoms with Crippen molar-refractivity contribution in [3.05, 3.63) is 39.4 Å². The molecule has 1 aliphatic carbocycles. The van der Waals surface area contributed by atoms with Gasteiger partial charge < -0.3 is 0 Å². The molecule has 1 aromatic carbocycles. The molecule has 0 saturated carbocycles. The van der Waals surface area contributed by atoms with Crippen molar-refractivity contribution in [1.82, 2.24) is 0 Å². The number of sulfone groups is 1. The van der Waals surface area contributed by atoms with Gasteiger partial charge in [-0.05, 0) is 37.5 Å². The predicted octanol–water partition coefficient (Wildman–Crippen LogP) is 3.42. The Morgan fingerprint density at radius 2 is 1.81 bits per heavy atom. The molecule has 1 heterocycles. The largest absolute Gasteiger partial charge is 0.294 e. The van der Waals surface area contributed by atoms with Crippen molar-refractivity contribution in [2.75, 3.05) is 5.75 Å². The molecule has 0 N–H and O–H groups in total. The minimum atomic E-state index is -3.63. The third-order valence-electron chi connectivity index (χ3n) is 4.98. The highest BCUT2D eigenvalue weighted by Crippen LogP contribution is 2.39. The van der Waals surface area contributed by atoms with Gasteiger partial charge in [0.25, 0.3) is 0 Å². The molecule has 7 heteroatoms. The first-order valence-electron chi connectivity index (χ1n) is 8.35. The second-order valence-corrected chi connectivity index (χ2v) is 9.88. The van der Waals surface area contributed by atoms with Crippen LogP contribution in [0.5, 0.6) is 0 Å². The molecule has 26 heavy (non-hydrogen) atoms. The van der Waals surface area contributed by atoms with Crippen LogP contribution < -0.4 is 0 Å². The number of carbonyl (C=O) groups excluding carboxylic acids is 3. The van der Waals surface area contributed by atoms with Crippen LogP contribution in [-0.2, 0) is 14.6 Å². The van der Waals surface area contributed by atoms with E-state index in [0.29, 0.717) is 12.8 Å². The van der Waals surface area contributed by atoms with Crippen LogP contribution in [0.15, 0.2) is 27.6 Å². The van der Waals surface area contributed by atoms with E-state index < -0.39 is 21.0 Å². The fraction of sp³-hybridized carbons (Fsp3) is 0.421. The average Bonchev–Trinajstić information content (AvgIpc) is 2.51. The molecule has 138 valence electrons. The van der Waals surface area contributed by atoms with E-state index >= 15 is 0 Å². The van der Waals surface area contributed by atoms with Gasteiger partial charge >= 0.3 is 0 Å². The van der Waals surface area contributed by atoms with Gasteiger partial charge in [0.1, 0.15) is 0 Å². The van der Waals surface area contributed by atoms with Crippen molar-refractivity contribution in [3.8, 4) is 0 Å². The summed E-state index contributed by atoms with van der Waals surface area (Å²) in [6, 6.07) is 2.67. The standard InChI is InChI=1S/C19H19ClO5S/c1-10-11(17(22)16-12(20)5-4-6-13(16)21)7-8-14-15(10)18(23)19(2,3)9-26(14,24)25/h7-8H,4-6,9H2,1-3H3. The minimum absolute atomic E-state index is 0.0482. The van der Waals surface area contributed by atoms with Crippen molar-refractivity contribution in [1.29, 1.82) is 0 Å². The van der Waals surface area contributed by atoms with Gasteiger partial charge in [0.05, 0.1) is 16.2 Å². The Balaban J connectivity index is 2.22. The summed E-state index contributed by atoms with van der Waals surface area (Å²) in [4.78, 5) is 37.9. The van der Waals surface area contributed by atoms with Crippen molar-refractivity contribution in [3.63, 3.8) is 0 Å². The molecule has 0 saturated heterocycles. The number of halogens is 1. The van der Waals surface area contributed by atoms with E-state index in [4.69, 9.17) is 11.6 Å². The first-order chi connectivity index (χ1) is 12.0. The van der Waals surface area contributed by atoms with Crippen molar-refractivity contribution in [2.45, 2.75) is 44.9 Å². The van der Waals surface area contributed by atoms with Gasteiger partial charge in [-0.1, -0.05) is 25.4 Å². The van der Waals surface area contributed by atoms with Crippen LogP contribution in [0.4, 0.5) is 0 Å². The zero-order valence-corrected chi connectivity index (χ0v) is 16.4. The quantitative estimate of drug-likeness (QED) is 0.566. The smallest absolute Gasteiger partial charge is 0.198 e. The van der Waals surface area contributed by atoms with Gasteiger partial charge in [-0.25, -0.2) is 8.42 Å². The Morgan fingerprint density at radius 1 is 1.15 bits per heavy atom. The van der Waals surface area contributed by atoms with E-state index in [1.807, 2.05) is 0 Å². The Hall–Kier alpha value is -1.79. The predicted molar refractivity (Wildman–Crippen MR) is 97.4 cm³/mol. The molecule has 0 atom stereocenters. The van der Waals surface area contributed by atoms with Crippen molar-refractivity contribution >= 4 is 38.8 Å². The topological polar surface area (TPSA) is 85.3 Å². The molecule has 0 radical (unpaired) electrons. The van der Waals surface area contributed by atoms with Gasteiger partial charge in [-0.15, -0.1) is 0 Å². The molecule has 0 aromatic heterocycles. The van der Waals surface area contributed by atoms with Crippen molar-refractivity contribution < 1.29 is 22.8 Å². The molecule has 2 aliphatic rings. The maximum Gasteiger partial charge on any atom is 0.198 e. The number of Topliss-reactive ketones (excluding diaryl/α,β-unsaturated/α-hetero) is 3. The lowest BCUT2D eigenvalue weighted by atomic mass is 9.81. The Kier molecular flexibility index (Phi) is 4.48. The second-order valence-electron chi connectivity index (χ2n) is 7.47. The maximum absolute atomic E-state index is 12.9. The number of allylic oxidation sites excluding steroid dienone is 2. The first kappa shape index (κ1) is 19.0. The zero-order valence-electron chi connectivity index (χ0n) is 14.8. The lowest BCUT2D eigenvalue weighted by Gasteiger charge is -2.31. The maximum atomic E-state index is 12.9. The monoisotopic (exact) mass is 394 g/mol. The molecule has 1 aromatic rings. The van der Waals surface area contributed by atoms with E-state index in [1.54, 1.807) is 20.8 Å². The fourth-order valence-corrected chi connectivity index (χ4v) is 6.01. The molecule has 0 fully saturated rings. The summed E-state index contributed by atoms with van der Waals surface area (Å²) in [5.74, 6) is -1.45. The highest BCUT2D eigenvalue weighted by Gasteiger charge is 2.44. The summed E-state index contributed by atoms with van der Waals surface area (Å²) in [5, 5.41) is 0.225. The number of hydrogen-bond acceptors (Lipinski definition) is 5. The molecule has 0 amide bonds. The van der Waals surface area contributed by atoms with E-state index in [9.17, 15) is 22.8 Å². The molecular formula is C19H19ClO5S. The summed E-state index contributed by atoms with van der Waals surface area (Å²) in [6.07, 6.45) is 1.31. The summed E-state index contributed by atoms with van der Waals surface area (Å²) >= 11 is 6.11. The van der Waals surface area contributed by atoms with Crippen LogP contribution in [-0.4, -0.2) is 31.5 Å². The van der Waals surface area contributed by atoms with Gasteiger partial charge in [0.2, 0.25) is 0 Å². The van der Waals surface area contributed by atoms with Crippen LogP contribution in [0, 0.1) is 12.3 Å². The highest BCUT2D eigenvalue weighted by molar-refractivity contribution is 7.91. The molecule has 0 unspecified atom stereocenters. The highest BCUT2D eigenvalue weighted by atomic mass is 35.5. The molecule has 0 bridgehead atoms. The van der Waals surface area contributed by atoms with Crippen LogP contribution in [0.25, 0.3) is 0 Å². The Labute approximate surface area is 157 Å². The van der Waals surface area contributed by atoms with E-state index in [0.717, 1.165) is 0 Å². The lowest BCUT2D eigenvalue weighted by Crippen LogP contribution is -2.39. The van der Waals surface area contributed by atoms with Gasteiger partial charge in [-0.2, -0.15) is 0 Å². The van der Waals surface area contributed by atoms with Gasteiger partial charge in [0, 0.05) is 28.0 Å². The third-order valence-corrected chi connectivity index (χ3v) is 7.47. The van der Waals surface area contributed by atoms with E-state index in [1.165, 1.54) is 12.1 Å². The van der Waals surface area contributed by atoms with Gasteiger partial charge in [0.15, 0.2) is 27.2 Å². The number of rotatable bonds is 2. The first-order valence-corrected chi connectivity index (χ1v) is 10.4.